The molecule has 3 rings (SSSR count). The molecule has 1 heterocycles. The average Bonchev–Trinajstić information content (AvgIpc) is 2.98. The Bertz CT molecular complexity index is 653. The van der Waals surface area contributed by atoms with E-state index in [0.29, 0.717) is 0 Å². The lowest BCUT2D eigenvalue weighted by Gasteiger charge is -2.00. The van der Waals surface area contributed by atoms with Crippen molar-refractivity contribution >= 4 is 11.8 Å². The molecule has 94 valence electrons. The first-order valence-corrected chi connectivity index (χ1v) is 7.39. The first-order valence-electron chi connectivity index (χ1n) is 6.16. The molecule has 0 N–H and O–H groups in total. The molecule has 0 aliphatic heterocycles. The number of hydrogen-bond acceptors (Lipinski definition) is 2. The highest BCUT2D eigenvalue weighted by Crippen LogP contribution is 2.29. The highest BCUT2D eigenvalue weighted by Gasteiger charge is 2.06. The molecule has 2 aromatic carbocycles. The minimum absolute atomic E-state index is 0.907. The zero-order valence-corrected chi connectivity index (χ0v) is 11.5. The van der Waals surface area contributed by atoms with Crippen LogP contribution >= 0.6 is 11.8 Å². The van der Waals surface area contributed by atoms with Gasteiger partial charge in [0, 0.05) is 16.0 Å². The van der Waals surface area contributed by atoms with E-state index < -0.39 is 0 Å². The second kappa shape index (κ2) is 5.37. The third-order valence-electron chi connectivity index (χ3n) is 3.04. The molecule has 0 bridgehead atoms. The molecule has 0 aliphatic carbocycles. The Morgan fingerprint density at radius 2 is 1.26 bits per heavy atom. The SMILES string of the molecule is CSc1ccc(-c2ccc(-c3ccccc3)o2)cc1. The van der Waals surface area contributed by atoms with Gasteiger partial charge in [-0.05, 0) is 30.5 Å². The normalized spacial score (nSPS) is 10.6. The zero-order chi connectivity index (χ0) is 13.1. The predicted molar refractivity (Wildman–Crippen MR) is 81.4 cm³/mol. The smallest absolute Gasteiger partial charge is 0.134 e. The van der Waals surface area contributed by atoms with E-state index in [0.717, 1.165) is 22.6 Å². The fourth-order valence-electron chi connectivity index (χ4n) is 2.01. The molecule has 2 heteroatoms. The zero-order valence-electron chi connectivity index (χ0n) is 10.7. The van der Waals surface area contributed by atoms with E-state index in [1.54, 1.807) is 11.8 Å². The van der Waals surface area contributed by atoms with Crippen molar-refractivity contribution in [3.8, 4) is 22.6 Å². The van der Waals surface area contributed by atoms with Gasteiger partial charge in [0.25, 0.3) is 0 Å². The molecule has 1 aromatic heterocycles. The van der Waals surface area contributed by atoms with Gasteiger partial charge in [0.1, 0.15) is 11.5 Å². The second-order valence-electron chi connectivity index (χ2n) is 4.26. The van der Waals surface area contributed by atoms with Crippen molar-refractivity contribution in [2.45, 2.75) is 4.90 Å². The first-order chi connectivity index (χ1) is 9.36. The number of rotatable bonds is 3. The van der Waals surface area contributed by atoms with Crippen molar-refractivity contribution in [3.63, 3.8) is 0 Å². The van der Waals surface area contributed by atoms with Crippen LogP contribution in [-0.2, 0) is 0 Å². The molecular weight excluding hydrogens is 252 g/mol. The van der Waals surface area contributed by atoms with Crippen LogP contribution in [0.4, 0.5) is 0 Å². The molecule has 3 aromatic rings. The van der Waals surface area contributed by atoms with Crippen molar-refractivity contribution in [2.24, 2.45) is 0 Å². The fourth-order valence-corrected chi connectivity index (χ4v) is 2.41. The third kappa shape index (κ3) is 2.59. The minimum atomic E-state index is 0.907. The van der Waals surface area contributed by atoms with E-state index >= 15 is 0 Å². The van der Waals surface area contributed by atoms with Crippen LogP contribution in [0, 0.1) is 0 Å². The van der Waals surface area contributed by atoms with Gasteiger partial charge in [-0.1, -0.05) is 42.5 Å². The molecule has 0 fully saturated rings. The molecular formula is C17H14OS. The Morgan fingerprint density at radius 3 is 1.84 bits per heavy atom. The standard InChI is InChI=1S/C17H14OS/c1-19-15-9-7-14(8-10-15)17-12-11-16(18-17)13-5-3-2-4-6-13/h2-12H,1H3. The van der Waals surface area contributed by atoms with Crippen LogP contribution in [0.25, 0.3) is 22.6 Å². The minimum Gasteiger partial charge on any atom is -0.456 e. The van der Waals surface area contributed by atoms with Gasteiger partial charge in [-0.15, -0.1) is 11.8 Å². The molecule has 0 radical (unpaired) electrons. The van der Waals surface area contributed by atoms with Crippen LogP contribution in [0.15, 0.2) is 76.0 Å². The molecule has 0 aliphatic rings. The molecule has 0 saturated carbocycles. The van der Waals surface area contributed by atoms with Gasteiger partial charge < -0.3 is 4.42 Å². The van der Waals surface area contributed by atoms with Gasteiger partial charge in [-0.2, -0.15) is 0 Å². The first kappa shape index (κ1) is 12.1. The predicted octanol–water partition coefficient (Wildman–Crippen LogP) is 5.34. The summed E-state index contributed by atoms with van der Waals surface area (Å²) in [6, 6.07) is 22.6. The highest BCUT2D eigenvalue weighted by molar-refractivity contribution is 7.98. The van der Waals surface area contributed by atoms with Gasteiger partial charge in [0.15, 0.2) is 0 Å². The Balaban J connectivity index is 1.92. The Morgan fingerprint density at radius 1 is 0.684 bits per heavy atom. The molecule has 0 unspecified atom stereocenters. The van der Waals surface area contributed by atoms with Crippen molar-refractivity contribution in [1.29, 1.82) is 0 Å². The van der Waals surface area contributed by atoms with Gasteiger partial charge in [-0.3, -0.25) is 0 Å². The van der Waals surface area contributed by atoms with Gasteiger partial charge in [-0.25, -0.2) is 0 Å². The summed E-state index contributed by atoms with van der Waals surface area (Å²) in [5.41, 5.74) is 2.22. The molecule has 0 amide bonds. The fraction of sp³-hybridized carbons (Fsp3) is 0.0588. The lowest BCUT2D eigenvalue weighted by Crippen LogP contribution is -1.74. The topological polar surface area (TPSA) is 13.1 Å². The third-order valence-corrected chi connectivity index (χ3v) is 3.78. The van der Waals surface area contributed by atoms with Crippen LogP contribution in [0.5, 0.6) is 0 Å². The van der Waals surface area contributed by atoms with E-state index in [9.17, 15) is 0 Å². The van der Waals surface area contributed by atoms with Gasteiger partial charge >= 0.3 is 0 Å². The molecule has 1 nitrogen and oxygen atoms in total. The maximum absolute atomic E-state index is 5.92. The van der Waals surface area contributed by atoms with Crippen LogP contribution in [0.2, 0.25) is 0 Å². The van der Waals surface area contributed by atoms with Gasteiger partial charge in [0.05, 0.1) is 0 Å². The Hall–Kier alpha value is -1.93. The second-order valence-corrected chi connectivity index (χ2v) is 5.14. The van der Waals surface area contributed by atoms with E-state index in [2.05, 4.69) is 42.7 Å². The summed E-state index contributed by atoms with van der Waals surface area (Å²) in [6.07, 6.45) is 2.08. The number of benzene rings is 2. The summed E-state index contributed by atoms with van der Waals surface area (Å²) in [7, 11) is 0. The van der Waals surface area contributed by atoms with Crippen LogP contribution in [0.3, 0.4) is 0 Å². The quantitative estimate of drug-likeness (QED) is 0.594. The molecule has 0 atom stereocenters. The highest BCUT2D eigenvalue weighted by atomic mass is 32.2. The maximum Gasteiger partial charge on any atom is 0.134 e. The van der Waals surface area contributed by atoms with Crippen molar-refractivity contribution < 1.29 is 4.42 Å². The summed E-state index contributed by atoms with van der Waals surface area (Å²) in [5.74, 6) is 1.82. The van der Waals surface area contributed by atoms with Crippen molar-refractivity contribution in [2.75, 3.05) is 6.26 Å². The van der Waals surface area contributed by atoms with Gasteiger partial charge in [0.2, 0.25) is 0 Å². The summed E-state index contributed by atoms with van der Waals surface area (Å²) in [5, 5.41) is 0. The summed E-state index contributed by atoms with van der Waals surface area (Å²) >= 11 is 1.74. The lowest BCUT2D eigenvalue weighted by atomic mass is 10.2. The van der Waals surface area contributed by atoms with Crippen LogP contribution in [0.1, 0.15) is 0 Å². The molecule has 0 spiro atoms. The lowest BCUT2D eigenvalue weighted by molar-refractivity contribution is 0.597. The average molecular weight is 266 g/mol. The number of furan rings is 1. The van der Waals surface area contributed by atoms with Crippen LogP contribution in [-0.4, -0.2) is 6.26 Å². The number of thioether (sulfide) groups is 1. The van der Waals surface area contributed by atoms with E-state index in [4.69, 9.17) is 4.42 Å². The maximum atomic E-state index is 5.92. The Kier molecular flexibility index (Phi) is 3.43. The molecule has 19 heavy (non-hydrogen) atoms. The number of hydrogen-bond donors (Lipinski definition) is 0. The summed E-state index contributed by atoms with van der Waals surface area (Å²) in [4.78, 5) is 1.26. The summed E-state index contributed by atoms with van der Waals surface area (Å²) < 4.78 is 5.92. The monoisotopic (exact) mass is 266 g/mol. The van der Waals surface area contributed by atoms with Crippen molar-refractivity contribution in [3.05, 3.63) is 66.7 Å². The van der Waals surface area contributed by atoms with E-state index in [1.807, 2.05) is 30.3 Å². The van der Waals surface area contributed by atoms with Crippen molar-refractivity contribution in [1.82, 2.24) is 0 Å². The van der Waals surface area contributed by atoms with Crippen LogP contribution < -0.4 is 0 Å². The summed E-state index contributed by atoms with van der Waals surface area (Å²) in [6.45, 7) is 0. The molecule has 0 saturated heterocycles. The Labute approximate surface area is 117 Å². The van der Waals surface area contributed by atoms with E-state index in [1.165, 1.54) is 4.90 Å². The van der Waals surface area contributed by atoms with E-state index in [-0.39, 0.29) is 0 Å². The largest absolute Gasteiger partial charge is 0.456 e.